The lowest BCUT2D eigenvalue weighted by atomic mass is 10.0. The Morgan fingerprint density at radius 1 is 1.06 bits per heavy atom. The van der Waals surface area contributed by atoms with Crippen LogP contribution in [0.5, 0.6) is 0 Å². The van der Waals surface area contributed by atoms with E-state index < -0.39 is 11.0 Å². The number of carbonyl (C=O) groups is 1. The van der Waals surface area contributed by atoms with E-state index in [4.69, 9.17) is 4.74 Å². The fraction of sp³-hybridized carbons (Fsp3) is 0.292. The molecule has 10 heteroatoms. The summed E-state index contributed by atoms with van der Waals surface area (Å²) in [7, 11) is 0. The molecule has 1 aliphatic rings. The van der Waals surface area contributed by atoms with Gasteiger partial charge in [-0.05, 0) is 48.7 Å². The minimum absolute atomic E-state index is 0.0495. The van der Waals surface area contributed by atoms with Gasteiger partial charge >= 0.3 is 6.09 Å². The van der Waals surface area contributed by atoms with Crippen LogP contribution in [-0.4, -0.2) is 33.6 Å². The van der Waals surface area contributed by atoms with E-state index in [9.17, 15) is 14.9 Å². The predicted octanol–water partition coefficient (Wildman–Crippen LogP) is 5.28. The van der Waals surface area contributed by atoms with E-state index in [1.165, 1.54) is 12.1 Å². The largest absolute Gasteiger partial charge is 0.447 e. The summed E-state index contributed by atoms with van der Waals surface area (Å²) in [6.45, 7) is 6.43. The number of amides is 1. The predicted molar refractivity (Wildman–Crippen MR) is 129 cm³/mol. The number of nitrogens with zero attached hydrogens (tertiary/aromatic N) is 4. The number of aromatic nitrogens is 2. The first kappa shape index (κ1) is 23.0. The minimum atomic E-state index is -0.425. The average molecular weight is 463 g/mol. The van der Waals surface area contributed by atoms with E-state index in [0.29, 0.717) is 18.4 Å². The second-order valence-electron chi connectivity index (χ2n) is 8.41. The van der Waals surface area contributed by atoms with Gasteiger partial charge in [-0.25, -0.2) is 9.78 Å². The molecule has 0 aliphatic carbocycles. The lowest BCUT2D eigenvalue weighted by Gasteiger charge is -2.23. The first-order valence-electron chi connectivity index (χ1n) is 11.0. The zero-order valence-electron chi connectivity index (χ0n) is 19.1. The van der Waals surface area contributed by atoms with Crippen molar-refractivity contribution in [2.75, 3.05) is 22.1 Å². The van der Waals surface area contributed by atoms with Crippen LogP contribution in [0.25, 0.3) is 0 Å². The molecular formula is C24H26N6O4. The number of nitro benzene ring substituents is 1. The fourth-order valence-electron chi connectivity index (χ4n) is 3.71. The molecule has 10 nitrogen and oxygen atoms in total. The molecule has 2 heterocycles. The smallest absolute Gasteiger partial charge is 0.415 e. The molecule has 0 bridgehead atoms. The summed E-state index contributed by atoms with van der Waals surface area (Å²) in [5, 5.41) is 17.3. The number of rotatable bonds is 8. The first-order valence-corrected chi connectivity index (χ1v) is 11.0. The van der Waals surface area contributed by atoms with Crippen molar-refractivity contribution >= 4 is 34.9 Å². The van der Waals surface area contributed by atoms with Crippen molar-refractivity contribution in [3.8, 4) is 0 Å². The molecule has 1 amide bonds. The minimum Gasteiger partial charge on any atom is -0.447 e. The van der Waals surface area contributed by atoms with E-state index >= 15 is 0 Å². The first-order chi connectivity index (χ1) is 16.3. The van der Waals surface area contributed by atoms with E-state index in [1.807, 2.05) is 45.0 Å². The Kier molecular flexibility index (Phi) is 6.58. The van der Waals surface area contributed by atoms with Crippen LogP contribution < -0.4 is 15.5 Å². The maximum absolute atomic E-state index is 12.2. The highest BCUT2D eigenvalue weighted by Crippen LogP contribution is 2.27. The molecular weight excluding hydrogens is 436 g/mol. The molecule has 0 spiro atoms. The Morgan fingerprint density at radius 3 is 2.32 bits per heavy atom. The molecule has 2 N–H and O–H groups in total. The summed E-state index contributed by atoms with van der Waals surface area (Å²) in [5.41, 5.74) is 2.68. The van der Waals surface area contributed by atoms with Crippen molar-refractivity contribution < 1.29 is 14.5 Å². The Morgan fingerprint density at radius 2 is 1.71 bits per heavy atom. The van der Waals surface area contributed by atoms with E-state index in [-0.39, 0.29) is 23.7 Å². The van der Waals surface area contributed by atoms with Gasteiger partial charge < -0.3 is 15.4 Å². The SMILES string of the molecule is CC(C)[C@H]1COC(=O)N1c1ccnc(N[C@@H](C)c2ccc(Nc3ccc([N+](=O)[O-])cc3)cc2)n1. The van der Waals surface area contributed by atoms with Crippen LogP contribution in [0, 0.1) is 16.0 Å². The third kappa shape index (κ3) is 5.06. The third-order valence-corrected chi connectivity index (χ3v) is 5.69. The summed E-state index contributed by atoms with van der Waals surface area (Å²) >= 11 is 0. The number of benzene rings is 2. The van der Waals surface area contributed by atoms with Gasteiger partial charge in [0, 0.05) is 29.7 Å². The van der Waals surface area contributed by atoms with E-state index in [2.05, 4.69) is 20.6 Å². The van der Waals surface area contributed by atoms with Crippen LogP contribution in [0.2, 0.25) is 0 Å². The highest BCUT2D eigenvalue weighted by Gasteiger charge is 2.37. The summed E-state index contributed by atoms with van der Waals surface area (Å²) in [5.74, 6) is 1.16. The van der Waals surface area contributed by atoms with Crippen molar-refractivity contribution in [2.24, 2.45) is 5.92 Å². The molecule has 1 aliphatic heterocycles. The normalized spacial score (nSPS) is 16.3. The average Bonchev–Trinajstić information content (AvgIpc) is 3.22. The quantitative estimate of drug-likeness (QED) is 0.342. The number of hydrogen-bond acceptors (Lipinski definition) is 8. The summed E-state index contributed by atoms with van der Waals surface area (Å²) in [6.07, 6.45) is 1.23. The van der Waals surface area contributed by atoms with Crippen LogP contribution >= 0.6 is 0 Å². The number of hydrogen-bond donors (Lipinski definition) is 2. The van der Waals surface area contributed by atoms with Gasteiger partial charge in [-0.3, -0.25) is 15.0 Å². The molecule has 1 saturated heterocycles. The molecule has 0 radical (unpaired) electrons. The van der Waals surface area contributed by atoms with Gasteiger partial charge in [-0.1, -0.05) is 26.0 Å². The molecule has 0 saturated carbocycles. The van der Waals surface area contributed by atoms with Gasteiger partial charge in [-0.15, -0.1) is 0 Å². The molecule has 2 atom stereocenters. The van der Waals surface area contributed by atoms with Gasteiger partial charge in [0.15, 0.2) is 0 Å². The second kappa shape index (κ2) is 9.74. The van der Waals surface area contributed by atoms with Crippen molar-refractivity contribution in [3.63, 3.8) is 0 Å². The third-order valence-electron chi connectivity index (χ3n) is 5.69. The van der Waals surface area contributed by atoms with Crippen LogP contribution in [-0.2, 0) is 4.74 Å². The van der Waals surface area contributed by atoms with Crippen molar-refractivity contribution in [3.05, 3.63) is 76.5 Å². The van der Waals surface area contributed by atoms with Crippen LogP contribution in [0.3, 0.4) is 0 Å². The van der Waals surface area contributed by atoms with Gasteiger partial charge in [0.2, 0.25) is 5.95 Å². The fourth-order valence-corrected chi connectivity index (χ4v) is 3.71. The van der Waals surface area contributed by atoms with Gasteiger partial charge in [0.1, 0.15) is 12.4 Å². The lowest BCUT2D eigenvalue weighted by molar-refractivity contribution is -0.384. The highest BCUT2D eigenvalue weighted by atomic mass is 16.6. The zero-order chi connectivity index (χ0) is 24.2. The zero-order valence-corrected chi connectivity index (χ0v) is 19.1. The lowest BCUT2D eigenvalue weighted by Crippen LogP contribution is -2.37. The Bertz CT molecular complexity index is 1170. The van der Waals surface area contributed by atoms with Gasteiger partial charge in [0.25, 0.3) is 5.69 Å². The summed E-state index contributed by atoms with van der Waals surface area (Å²) in [4.78, 5) is 33.0. The molecule has 1 fully saturated rings. The van der Waals surface area contributed by atoms with E-state index in [0.717, 1.165) is 16.9 Å². The Hall–Kier alpha value is -4.21. The Labute approximate surface area is 197 Å². The van der Waals surface area contributed by atoms with Crippen LogP contribution in [0.4, 0.5) is 33.6 Å². The molecule has 3 aromatic rings. The van der Waals surface area contributed by atoms with Crippen molar-refractivity contribution in [1.82, 2.24) is 9.97 Å². The van der Waals surface area contributed by atoms with Gasteiger partial charge in [-0.2, -0.15) is 4.98 Å². The molecule has 2 aromatic carbocycles. The number of ether oxygens (including phenoxy) is 1. The number of non-ortho nitro benzene ring substituents is 1. The van der Waals surface area contributed by atoms with Crippen molar-refractivity contribution in [2.45, 2.75) is 32.9 Å². The van der Waals surface area contributed by atoms with Crippen molar-refractivity contribution in [1.29, 1.82) is 0 Å². The maximum Gasteiger partial charge on any atom is 0.415 e. The molecule has 1 aromatic heterocycles. The van der Waals surface area contributed by atoms with Gasteiger partial charge in [0.05, 0.1) is 17.0 Å². The Balaban J connectivity index is 1.42. The number of nitro groups is 1. The number of nitrogens with one attached hydrogen (secondary N) is 2. The number of anilines is 4. The maximum atomic E-state index is 12.2. The number of carbonyl (C=O) groups excluding carboxylic acids is 1. The molecule has 0 unspecified atom stereocenters. The molecule has 176 valence electrons. The topological polar surface area (TPSA) is 123 Å². The van der Waals surface area contributed by atoms with Crippen LogP contribution in [0.15, 0.2) is 60.8 Å². The number of cyclic esters (lactones) is 1. The van der Waals surface area contributed by atoms with E-state index in [1.54, 1.807) is 29.3 Å². The molecule has 34 heavy (non-hydrogen) atoms. The monoisotopic (exact) mass is 462 g/mol. The second-order valence-corrected chi connectivity index (χ2v) is 8.41. The molecule has 4 rings (SSSR count). The standard InChI is InChI=1S/C24H26N6O4/c1-15(2)21-14-34-24(31)29(21)22-12-13-25-23(28-22)26-16(3)17-4-6-18(7-5-17)27-19-8-10-20(11-9-19)30(32)33/h4-13,15-16,21,27H,14H2,1-3H3,(H,25,26,28)/t16-,21+/m0/s1. The van der Waals surface area contributed by atoms with Crippen LogP contribution in [0.1, 0.15) is 32.4 Å². The summed E-state index contributed by atoms with van der Waals surface area (Å²) < 4.78 is 5.22. The summed E-state index contributed by atoms with van der Waals surface area (Å²) in [6, 6.07) is 15.6. The highest BCUT2D eigenvalue weighted by molar-refractivity contribution is 5.89.